The molecule has 1 unspecified atom stereocenters. The summed E-state index contributed by atoms with van der Waals surface area (Å²) in [4.78, 5) is 13.1. The molecule has 1 fully saturated rings. The number of amides is 1. The number of nitrogens with zero attached hydrogens (tertiary/aromatic N) is 1. The van der Waals surface area contributed by atoms with Crippen molar-refractivity contribution < 1.29 is 14.3 Å². The Hall–Kier alpha value is -1.75. The molecule has 5 heteroatoms. The summed E-state index contributed by atoms with van der Waals surface area (Å²) in [7, 11) is 1.68. The minimum atomic E-state index is -0.280. The maximum atomic E-state index is 11.5. The molecule has 0 aliphatic carbocycles. The Morgan fingerprint density at radius 1 is 1.56 bits per heavy atom. The summed E-state index contributed by atoms with van der Waals surface area (Å²) >= 11 is 0. The predicted molar refractivity (Wildman–Crippen MR) is 70.1 cm³/mol. The molecular weight excluding hydrogens is 232 g/mol. The summed E-state index contributed by atoms with van der Waals surface area (Å²) in [6.45, 7) is 3.74. The third-order valence-electron chi connectivity index (χ3n) is 2.75. The van der Waals surface area contributed by atoms with E-state index in [0.717, 1.165) is 11.4 Å². The van der Waals surface area contributed by atoms with Gasteiger partial charge < -0.3 is 14.8 Å². The van der Waals surface area contributed by atoms with Crippen LogP contribution < -0.4 is 10.2 Å². The monoisotopic (exact) mass is 250 g/mol. The standard InChI is InChI=1S/C13H18N2O3/c1-10(9-17-2)14-11-4-3-5-12(8-11)15-6-7-18-13(15)16/h3-5,8,10,14H,6-7,9H2,1-2H3. The lowest BCUT2D eigenvalue weighted by Crippen LogP contribution is -2.24. The van der Waals surface area contributed by atoms with Crippen LogP contribution in [0.4, 0.5) is 16.2 Å². The molecule has 2 rings (SSSR count). The highest BCUT2D eigenvalue weighted by Gasteiger charge is 2.23. The van der Waals surface area contributed by atoms with Crippen LogP contribution in [0, 0.1) is 0 Å². The molecule has 0 aromatic heterocycles. The normalized spacial score (nSPS) is 16.6. The summed E-state index contributed by atoms with van der Waals surface area (Å²) < 4.78 is 10.0. The lowest BCUT2D eigenvalue weighted by Gasteiger charge is -2.17. The molecule has 1 aromatic rings. The van der Waals surface area contributed by atoms with Crippen LogP contribution in [0.5, 0.6) is 0 Å². The number of ether oxygens (including phenoxy) is 2. The Morgan fingerprint density at radius 3 is 3.06 bits per heavy atom. The average molecular weight is 250 g/mol. The van der Waals surface area contributed by atoms with Gasteiger partial charge in [-0.2, -0.15) is 0 Å². The molecule has 1 amide bonds. The van der Waals surface area contributed by atoms with Gasteiger partial charge in [-0.3, -0.25) is 4.90 Å². The molecule has 1 saturated heterocycles. The first-order chi connectivity index (χ1) is 8.70. The topological polar surface area (TPSA) is 50.8 Å². The first-order valence-electron chi connectivity index (χ1n) is 6.00. The first-order valence-corrected chi connectivity index (χ1v) is 6.00. The molecule has 1 aromatic carbocycles. The summed E-state index contributed by atoms with van der Waals surface area (Å²) in [6.07, 6.45) is -0.280. The molecule has 18 heavy (non-hydrogen) atoms. The minimum absolute atomic E-state index is 0.218. The number of hydrogen-bond donors (Lipinski definition) is 1. The van der Waals surface area contributed by atoms with E-state index in [1.165, 1.54) is 0 Å². The molecule has 5 nitrogen and oxygen atoms in total. The van der Waals surface area contributed by atoms with Crippen LogP contribution in [0.3, 0.4) is 0 Å². The second-order valence-electron chi connectivity index (χ2n) is 4.32. The van der Waals surface area contributed by atoms with Crippen molar-refractivity contribution in [2.45, 2.75) is 13.0 Å². The van der Waals surface area contributed by atoms with Crippen molar-refractivity contribution in [3.8, 4) is 0 Å². The maximum Gasteiger partial charge on any atom is 0.414 e. The SMILES string of the molecule is COCC(C)Nc1cccc(N2CCOC2=O)c1. The zero-order valence-corrected chi connectivity index (χ0v) is 10.7. The van der Waals surface area contributed by atoms with Crippen LogP contribution in [0.15, 0.2) is 24.3 Å². The Bertz CT molecular complexity index is 422. The molecule has 1 heterocycles. The largest absolute Gasteiger partial charge is 0.447 e. The Kier molecular flexibility index (Phi) is 4.04. The quantitative estimate of drug-likeness (QED) is 0.869. The second-order valence-corrected chi connectivity index (χ2v) is 4.32. The Balaban J connectivity index is 2.07. The van der Waals surface area contributed by atoms with Crippen LogP contribution in [0.25, 0.3) is 0 Å². The number of anilines is 2. The molecule has 1 N–H and O–H groups in total. The fourth-order valence-electron chi connectivity index (χ4n) is 1.97. The molecular formula is C13H18N2O3. The van der Waals surface area contributed by atoms with Crippen molar-refractivity contribution in [3.05, 3.63) is 24.3 Å². The zero-order chi connectivity index (χ0) is 13.0. The number of nitrogens with one attached hydrogen (secondary N) is 1. The zero-order valence-electron chi connectivity index (χ0n) is 10.7. The fraction of sp³-hybridized carbons (Fsp3) is 0.462. The van der Waals surface area contributed by atoms with Gasteiger partial charge in [0.05, 0.1) is 13.2 Å². The van der Waals surface area contributed by atoms with Crippen molar-refractivity contribution in [2.24, 2.45) is 0 Å². The number of carbonyl (C=O) groups excluding carboxylic acids is 1. The number of benzene rings is 1. The Morgan fingerprint density at radius 2 is 2.39 bits per heavy atom. The summed E-state index contributed by atoms with van der Waals surface area (Å²) in [6, 6.07) is 7.95. The van der Waals surface area contributed by atoms with Crippen LogP contribution >= 0.6 is 0 Å². The number of rotatable bonds is 5. The Labute approximate surface area is 107 Å². The average Bonchev–Trinajstić information content (AvgIpc) is 2.76. The van der Waals surface area contributed by atoms with Gasteiger partial charge in [-0.25, -0.2) is 4.79 Å². The second kappa shape index (κ2) is 5.73. The fourth-order valence-corrected chi connectivity index (χ4v) is 1.97. The first kappa shape index (κ1) is 12.7. The van der Waals surface area contributed by atoms with Crippen molar-refractivity contribution in [1.82, 2.24) is 0 Å². The van der Waals surface area contributed by atoms with E-state index in [1.54, 1.807) is 12.0 Å². The minimum Gasteiger partial charge on any atom is -0.447 e. The number of methoxy groups -OCH3 is 1. The summed E-state index contributed by atoms with van der Waals surface area (Å²) in [5.74, 6) is 0. The molecule has 0 bridgehead atoms. The van der Waals surface area contributed by atoms with Gasteiger partial charge in [0.15, 0.2) is 0 Å². The maximum absolute atomic E-state index is 11.5. The number of hydrogen-bond acceptors (Lipinski definition) is 4. The van der Waals surface area contributed by atoms with Crippen molar-refractivity contribution >= 4 is 17.5 Å². The lowest BCUT2D eigenvalue weighted by molar-refractivity contribution is 0.181. The summed E-state index contributed by atoms with van der Waals surface area (Å²) in [5.41, 5.74) is 1.82. The molecule has 0 spiro atoms. The molecule has 0 saturated carbocycles. The van der Waals surface area contributed by atoms with Gasteiger partial charge in [-0.15, -0.1) is 0 Å². The number of carbonyl (C=O) groups is 1. The van der Waals surface area contributed by atoms with Crippen LogP contribution in [-0.4, -0.2) is 39.0 Å². The van der Waals surface area contributed by atoms with E-state index in [2.05, 4.69) is 5.32 Å². The van der Waals surface area contributed by atoms with Crippen LogP contribution in [0.2, 0.25) is 0 Å². The van der Waals surface area contributed by atoms with Gasteiger partial charge in [-0.1, -0.05) is 6.07 Å². The van der Waals surface area contributed by atoms with Gasteiger partial charge in [-0.05, 0) is 25.1 Å². The van der Waals surface area contributed by atoms with Crippen LogP contribution in [0.1, 0.15) is 6.92 Å². The van der Waals surface area contributed by atoms with E-state index in [1.807, 2.05) is 31.2 Å². The highest BCUT2D eigenvalue weighted by Crippen LogP contribution is 2.22. The lowest BCUT2D eigenvalue weighted by atomic mass is 10.2. The molecule has 0 radical (unpaired) electrons. The van der Waals surface area contributed by atoms with E-state index in [-0.39, 0.29) is 12.1 Å². The third-order valence-corrected chi connectivity index (χ3v) is 2.75. The van der Waals surface area contributed by atoms with Gasteiger partial charge >= 0.3 is 6.09 Å². The van der Waals surface area contributed by atoms with Gasteiger partial charge in [0, 0.05) is 24.5 Å². The molecule has 1 aliphatic rings. The molecule has 1 atom stereocenters. The van der Waals surface area contributed by atoms with E-state index in [0.29, 0.717) is 19.8 Å². The van der Waals surface area contributed by atoms with Gasteiger partial charge in [0.1, 0.15) is 6.61 Å². The van der Waals surface area contributed by atoms with E-state index in [9.17, 15) is 4.79 Å². The highest BCUT2D eigenvalue weighted by atomic mass is 16.6. The van der Waals surface area contributed by atoms with Crippen LogP contribution in [-0.2, 0) is 9.47 Å². The van der Waals surface area contributed by atoms with Crippen molar-refractivity contribution in [1.29, 1.82) is 0 Å². The highest BCUT2D eigenvalue weighted by molar-refractivity contribution is 5.89. The van der Waals surface area contributed by atoms with Gasteiger partial charge in [0.2, 0.25) is 0 Å². The summed E-state index contributed by atoms with van der Waals surface area (Å²) in [5, 5.41) is 3.32. The van der Waals surface area contributed by atoms with Gasteiger partial charge in [0.25, 0.3) is 0 Å². The van der Waals surface area contributed by atoms with E-state index >= 15 is 0 Å². The number of cyclic esters (lactones) is 1. The van der Waals surface area contributed by atoms with Crippen molar-refractivity contribution in [3.63, 3.8) is 0 Å². The molecule has 1 aliphatic heterocycles. The van der Waals surface area contributed by atoms with Crippen molar-refractivity contribution in [2.75, 3.05) is 37.1 Å². The van der Waals surface area contributed by atoms with E-state index in [4.69, 9.17) is 9.47 Å². The smallest absolute Gasteiger partial charge is 0.414 e. The van der Waals surface area contributed by atoms with E-state index < -0.39 is 0 Å². The predicted octanol–water partition coefficient (Wildman–Crippen LogP) is 2.09. The molecule has 98 valence electrons. The third kappa shape index (κ3) is 2.92.